The molecule has 0 radical (unpaired) electrons. The molecule has 0 aliphatic rings. The Hall–Kier alpha value is -0.300. The summed E-state index contributed by atoms with van der Waals surface area (Å²) in [5.74, 6) is 0.505. The zero-order chi connectivity index (χ0) is 11.7. The standard InChI is InChI=1S/C11H24N4.HI/c1-5-15(6-2)8-7-13-11(12)14-9-10(3)4;/h3,5-9H2,1-2,4H3,(H3,12,13,14);1H. The van der Waals surface area contributed by atoms with E-state index in [1.54, 1.807) is 0 Å². The predicted octanol–water partition coefficient (Wildman–Crippen LogP) is 1.43. The molecule has 0 rings (SSSR count). The Morgan fingerprint density at radius 2 is 1.94 bits per heavy atom. The van der Waals surface area contributed by atoms with Gasteiger partial charge in [0.05, 0.1) is 6.54 Å². The van der Waals surface area contributed by atoms with Gasteiger partial charge in [0.2, 0.25) is 0 Å². The highest BCUT2D eigenvalue weighted by atomic mass is 127. The minimum atomic E-state index is 0. The molecular weight excluding hydrogens is 315 g/mol. The molecule has 0 spiro atoms. The number of guanidine groups is 1. The van der Waals surface area contributed by atoms with Gasteiger partial charge < -0.3 is 16.0 Å². The number of halogens is 1. The largest absolute Gasteiger partial charge is 0.370 e. The molecule has 0 bridgehead atoms. The molecule has 0 aliphatic heterocycles. The summed E-state index contributed by atoms with van der Waals surface area (Å²) >= 11 is 0. The van der Waals surface area contributed by atoms with Crippen molar-refractivity contribution in [1.82, 2.24) is 10.2 Å². The van der Waals surface area contributed by atoms with Gasteiger partial charge in [-0.25, -0.2) is 4.99 Å². The third-order valence-electron chi connectivity index (χ3n) is 2.15. The lowest BCUT2D eigenvalue weighted by Gasteiger charge is -2.18. The van der Waals surface area contributed by atoms with Gasteiger partial charge in [-0.2, -0.15) is 0 Å². The van der Waals surface area contributed by atoms with Crippen LogP contribution >= 0.6 is 24.0 Å². The van der Waals surface area contributed by atoms with Crippen LogP contribution in [0.5, 0.6) is 0 Å². The van der Waals surface area contributed by atoms with E-state index in [0.29, 0.717) is 12.5 Å². The van der Waals surface area contributed by atoms with Crippen molar-refractivity contribution in [2.45, 2.75) is 20.8 Å². The average molecular weight is 340 g/mol. The molecule has 0 unspecified atom stereocenters. The predicted molar refractivity (Wildman–Crippen MR) is 82.5 cm³/mol. The van der Waals surface area contributed by atoms with E-state index >= 15 is 0 Å². The van der Waals surface area contributed by atoms with Gasteiger partial charge in [0.1, 0.15) is 0 Å². The highest BCUT2D eigenvalue weighted by Gasteiger charge is 1.98. The maximum atomic E-state index is 5.67. The lowest BCUT2D eigenvalue weighted by atomic mass is 10.4. The van der Waals surface area contributed by atoms with Crippen LogP contribution in [0.25, 0.3) is 0 Å². The fourth-order valence-corrected chi connectivity index (χ4v) is 1.16. The maximum Gasteiger partial charge on any atom is 0.188 e. The third kappa shape index (κ3) is 10.2. The van der Waals surface area contributed by atoms with Crippen LogP contribution < -0.4 is 11.1 Å². The second-order valence-electron chi connectivity index (χ2n) is 3.61. The smallest absolute Gasteiger partial charge is 0.188 e. The Kier molecular flexibility index (Phi) is 12.6. The molecule has 0 saturated carbocycles. The second kappa shape index (κ2) is 11.2. The Labute approximate surface area is 116 Å². The van der Waals surface area contributed by atoms with Crippen molar-refractivity contribution < 1.29 is 0 Å². The molecule has 0 aromatic heterocycles. The van der Waals surface area contributed by atoms with E-state index in [9.17, 15) is 0 Å². The summed E-state index contributed by atoms with van der Waals surface area (Å²) in [6.45, 7) is 14.6. The van der Waals surface area contributed by atoms with Crippen LogP contribution in [-0.2, 0) is 0 Å². The number of nitrogens with zero attached hydrogens (tertiary/aromatic N) is 2. The molecule has 0 aliphatic carbocycles. The first-order valence-electron chi connectivity index (χ1n) is 5.50. The first-order valence-corrected chi connectivity index (χ1v) is 5.50. The van der Waals surface area contributed by atoms with Gasteiger partial charge in [-0.05, 0) is 20.0 Å². The van der Waals surface area contributed by atoms with E-state index < -0.39 is 0 Å². The number of likely N-dealkylation sites (N-methyl/N-ethyl adjacent to an activating group) is 1. The van der Waals surface area contributed by atoms with Crippen molar-refractivity contribution >= 4 is 29.9 Å². The Morgan fingerprint density at radius 1 is 1.38 bits per heavy atom. The normalized spacial score (nSPS) is 11.1. The molecule has 4 nitrogen and oxygen atoms in total. The van der Waals surface area contributed by atoms with Crippen molar-refractivity contribution in [3.63, 3.8) is 0 Å². The lowest BCUT2D eigenvalue weighted by Crippen LogP contribution is -2.38. The number of nitrogens with one attached hydrogen (secondary N) is 1. The van der Waals surface area contributed by atoms with Gasteiger partial charge in [0.15, 0.2) is 5.96 Å². The molecule has 3 N–H and O–H groups in total. The summed E-state index contributed by atoms with van der Waals surface area (Å²) in [6.07, 6.45) is 0. The SMILES string of the molecule is C=C(C)CN=C(N)NCCN(CC)CC.I. The zero-order valence-corrected chi connectivity index (χ0v) is 13.0. The van der Waals surface area contributed by atoms with Crippen LogP contribution in [0.15, 0.2) is 17.1 Å². The van der Waals surface area contributed by atoms with Crippen molar-refractivity contribution in [2.75, 3.05) is 32.7 Å². The highest BCUT2D eigenvalue weighted by molar-refractivity contribution is 14.0. The quantitative estimate of drug-likeness (QED) is 0.319. The summed E-state index contributed by atoms with van der Waals surface area (Å²) in [6, 6.07) is 0. The first kappa shape index (κ1) is 18.1. The summed E-state index contributed by atoms with van der Waals surface area (Å²) in [7, 11) is 0. The van der Waals surface area contributed by atoms with Crippen LogP contribution in [0, 0.1) is 0 Å². The minimum absolute atomic E-state index is 0. The van der Waals surface area contributed by atoms with Gasteiger partial charge in [0.25, 0.3) is 0 Å². The summed E-state index contributed by atoms with van der Waals surface area (Å²) in [4.78, 5) is 6.47. The molecular formula is C11H25IN4. The number of nitrogens with two attached hydrogens (primary N) is 1. The van der Waals surface area contributed by atoms with Crippen LogP contribution in [-0.4, -0.2) is 43.6 Å². The Bertz CT molecular complexity index is 212. The minimum Gasteiger partial charge on any atom is -0.370 e. The van der Waals surface area contributed by atoms with E-state index in [1.165, 1.54) is 0 Å². The molecule has 16 heavy (non-hydrogen) atoms. The topological polar surface area (TPSA) is 53.6 Å². The maximum absolute atomic E-state index is 5.67. The number of aliphatic imine (C=N–C) groups is 1. The highest BCUT2D eigenvalue weighted by Crippen LogP contribution is 1.86. The van der Waals surface area contributed by atoms with E-state index in [0.717, 1.165) is 31.8 Å². The Morgan fingerprint density at radius 3 is 2.38 bits per heavy atom. The van der Waals surface area contributed by atoms with Crippen LogP contribution in [0.2, 0.25) is 0 Å². The number of rotatable bonds is 7. The van der Waals surface area contributed by atoms with Crippen molar-refractivity contribution in [2.24, 2.45) is 10.7 Å². The van der Waals surface area contributed by atoms with Gasteiger partial charge in [-0.1, -0.05) is 26.0 Å². The van der Waals surface area contributed by atoms with Gasteiger partial charge >= 0.3 is 0 Å². The monoisotopic (exact) mass is 340 g/mol. The molecule has 0 atom stereocenters. The molecule has 0 aromatic carbocycles. The van der Waals surface area contributed by atoms with Crippen LogP contribution in [0.4, 0.5) is 0 Å². The third-order valence-corrected chi connectivity index (χ3v) is 2.15. The zero-order valence-electron chi connectivity index (χ0n) is 10.6. The van der Waals surface area contributed by atoms with Gasteiger partial charge in [-0.15, -0.1) is 24.0 Å². The van der Waals surface area contributed by atoms with E-state index in [-0.39, 0.29) is 24.0 Å². The lowest BCUT2D eigenvalue weighted by molar-refractivity contribution is 0.308. The van der Waals surface area contributed by atoms with Crippen molar-refractivity contribution in [1.29, 1.82) is 0 Å². The van der Waals surface area contributed by atoms with Gasteiger partial charge in [0, 0.05) is 13.1 Å². The molecule has 0 fully saturated rings. The number of hydrogen-bond donors (Lipinski definition) is 2. The second-order valence-corrected chi connectivity index (χ2v) is 3.61. The van der Waals surface area contributed by atoms with Crippen LogP contribution in [0.1, 0.15) is 20.8 Å². The molecule has 0 amide bonds. The van der Waals surface area contributed by atoms with Gasteiger partial charge in [-0.3, -0.25) is 0 Å². The average Bonchev–Trinajstić information content (AvgIpc) is 2.21. The van der Waals surface area contributed by atoms with E-state index in [1.807, 2.05) is 6.92 Å². The first-order chi connectivity index (χ1) is 7.10. The molecule has 0 aromatic rings. The van der Waals surface area contributed by atoms with Crippen LogP contribution in [0.3, 0.4) is 0 Å². The molecule has 96 valence electrons. The molecule has 0 saturated heterocycles. The fraction of sp³-hybridized carbons (Fsp3) is 0.727. The molecule has 5 heteroatoms. The summed E-state index contributed by atoms with van der Waals surface area (Å²) in [5.41, 5.74) is 6.69. The Balaban J connectivity index is 0. The molecule has 0 heterocycles. The van der Waals surface area contributed by atoms with Crippen molar-refractivity contribution in [3.8, 4) is 0 Å². The van der Waals surface area contributed by atoms with E-state index in [4.69, 9.17) is 5.73 Å². The number of hydrogen-bond acceptors (Lipinski definition) is 2. The summed E-state index contributed by atoms with van der Waals surface area (Å²) in [5, 5.41) is 3.08. The fourth-order valence-electron chi connectivity index (χ4n) is 1.16. The van der Waals surface area contributed by atoms with Crippen molar-refractivity contribution in [3.05, 3.63) is 12.2 Å². The van der Waals surface area contributed by atoms with E-state index in [2.05, 4.69) is 35.6 Å². The summed E-state index contributed by atoms with van der Waals surface area (Å²) < 4.78 is 0.